The van der Waals surface area contributed by atoms with Crippen LogP contribution in [0.3, 0.4) is 0 Å². The molecule has 0 spiro atoms. The Morgan fingerprint density at radius 2 is 1.90 bits per heavy atom. The number of rotatable bonds is 8. The van der Waals surface area contributed by atoms with Gasteiger partial charge in [-0.2, -0.15) is 0 Å². The van der Waals surface area contributed by atoms with Crippen LogP contribution in [0.4, 0.5) is 15.3 Å². The molecule has 0 radical (unpaired) electrons. The molecular weight excluding hydrogens is 554 g/mol. The normalized spacial score (nSPS) is 22.1. The SMILES string of the molecule is CN1CCCC1COC(=O)NC1CCC(c2ncc(-c3ccc(NC(=O)O)cc3S(=O)(=O)NC(C)(C)C)s2)CC1. The van der Waals surface area contributed by atoms with Crippen LogP contribution in [0.2, 0.25) is 0 Å². The molecule has 2 aromatic rings. The third-order valence-electron chi connectivity index (χ3n) is 7.23. The standard InChI is InChI=1S/C27H39N5O6S2/c1-27(2,3)31-40(36,37)23-14-19(29-25(33)34)11-12-21(23)22-15-28-24(39-22)17-7-9-18(10-8-17)30-26(35)38-16-20-6-5-13-32(20)4/h11-12,14-15,17-18,20,29,31H,5-10,13,16H2,1-4H3,(H,30,35)(H,33,34). The number of benzene rings is 1. The Kier molecular flexibility index (Phi) is 9.38. The lowest BCUT2D eigenvalue weighted by molar-refractivity contribution is 0.110. The number of thiazole rings is 1. The Balaban J connectivity index is 1.41. The van der Waals surface area contributed by atoms with Gasteiger partial charge in [0.25, 0.3) is 0 Å². The smallest absolute Gasteiger partial charge is 0.409 e. The molecule has 2 heterocycles. The van der Waals surface area contributed by atoms with Crippen LogP contribution in [-0.4, -0.2) is 73.4 Å². The molecule has 2 aliphatic rings. The molecule has 40 heavy (non-hydrogen) atoms. The molecule has 1 aromatic heterocycles. The molecule has 220 valence electrons. The number of likely N-dealkylation sites (N-methyl/N-ethyl adjacent to an activating group) is 1. The van der Waals surface area contributed by atoms with Crippen molar-refractivity contribution < 1.29 is 27.9 Å². The lowest BCUT2D eigenvalue weighted by Gasteiger charge is -2.28. The molecule has 1 atom stereocenters. The molecule has 1 aliphatic carbocycles. The first-order chi connectivity index (χ1) is 18.8. The number of nitrogens with zero attached hydrogens (tertiary/aromatic N) is 2. The van der Waals surface area contributed by atoms with Crippen molar-refractivity contribution in [1.29, 1.82) is 0 Å². The second-order valence-corrected chi connectivity index (χ2v) is 14.3. The lowest BCUT2D eigenvalue weighted by atomic mass is 9.86. The lowest BCUT2D eigenvalue weighted by Crippen LogP contribution is -2.40. The minimum atomic E-state index is -3.96. The molecule has 4 N–H and O–H groups in total. The number of anilines is 1. The molecule has 1 saturated carbocycles. The molecule has 1 aliphatic heterocycles. The molecule has 11 nitrogen and oxygen atoms in total. The van der Waals surface area contributed by atoms with Gasteiger partial charge in [-0.1, -0.05) is 6.07 Å². The summed E-state index contributed by atoms with van der Waals surface area (Å²) in [6.07, 6.45) is 5.53. The van der Waals surface area contributed by atoms with Crippen molar-refractivity contribution in [3.63, 3.8) is 0 Å². The molecule has 1 unspecified atom stereocenters. The Bertz CT molecular complexity index is 1310. The third-order valence-corrected chi connectivity index (χ3v) is 10.2. The topological polar surface area (TPSA) is 150 Å². The Morgan fingerprint density at radius 1 is 1.18 bits per heavy atom. The van der Waals surface area contributed by atoms with Gasteiger partial charge in [0.1, 0.15) is 6.61 Å². The zero-order chi connectivity index (χ0) is 29.1. The van der Waals surface area contributed by atoms with Crippen molar-refractivity contribution in [2.24, 2.45) is 0 Å². The van der Waals surface area contributed by atoms with Crippen molar-refractivity contribution in [3.8, 4) is 10.4 Å². The van der Waals surface area contributed by atoms with Crippen molar-refractivity contribution in [2.45, 2.75) is 87.7 Å². The van der Waals surface area contributed by atoms with Gasteiger partial charge in [0, 0.05) is 41.0 Å². The van der Waals surface area contributed by atoms with Gasteiger partial charge < -0.3 is 20.1 Å². The average Bonchev–Trinajstić information content (AvgIpc) is 3.51. The highest BCUT2D eigenvalue weighted by Crippen LogP contribution is 2.40. The van der Waals surface area contributed by atoms with Crippen LogP contribution in [0.1, 0.15) is 70.2 Å². The van der Waals surface area contributed by atoms with Crippen LogP contribution in [0.25, 0.3) is 10.4 Å². The maximum absolute atomic E-state index is 13.3. The molecule has 2 fully saturated rings. The summed E-state index contributed by atoms with van der Waals surface area (Å²) >= 11 is 1.44. The van der Waals surface area contributed by atoms with Crippen LogP contribution in [0.5, 0.6) is 0 Å². The van der Waals surface area contributed by atoms with E-state index in [1.807, 2.05) is 0 Å². The highest BCUT2D eigenvalue weighted by Gasteiger charge is 2.29. The van der Waals surface area contributed by atoms with E-state index in [-0.39, 0.29) is 28.6 Å². The van der Waals surface area contributed by atoms with E-state index < -0.39 is 21.7 Å². The summed E-state index contributed by atoms with van der Waals surface area (Å²) in [6, 6.07) is 4.83. The largest absolute Gasteiger partial charge is 0.465 e. The summed E-state index contributed by atoms with van der Waals surface area (Å²) in [7, 11) is -1.91. The summed E-state index contributed by atoms with van der Waals surface area (Å²) in [5.74, 6) is 0.209. The van der Waals surface area contributed by atoms with E-state index in [0.29, 0.717) is 23.1 Å². The minimum absolute atomic E-state index is 0.0147. The van der Waals surface area contributed by atoms with Gasteiger partial charge in [0.05, 0.1) is 14.8 Å². The number of nitrogens with one attached hydrogen (secondary N) is 3. The average molecular weight is 594 g/mol. The maximum Gasteiger partial charge on any atom is 0.409 e. The van der Waals surface area contributed by atoms with E-state index in [1.165, 1.54) is 17.4 Å². The second kappa shape index (κ2) is 12.4. The number of carbonyl (C=O) groups excluding carboxylic acids is 1. The first-order valence-corrected chi connectivity index (χ1v) is 15.9. The van der Waals surface area contributed by atoms with Crippen LogP contribution < -0.4 is 15.4 Å². The van der Waals surface area contributed by atoms with Gasteiger partial charge in [-0.25, -0.2) is 27.7 Å². The molecule has 2 amide bonds. The van der Waals surface area contributed by atoms with Gasteiger partial charge in [-0.05, 0) is 85.0 Å². The molecule has 4 rings (SSSR count). The second-order valence-electron chi connectivity index (χ2n) is 11.6. The van der Waals surface area contributed by atoms with E-state index in [0.717, 1.165) is 50.1 Å². The number of carboxylic acid groups (broad SMARTS) is 1. The quantitative estimate of drug-likeness (QED) is 0.340. The van der Waals surface area contributed by atoms with E-state index in [2.05, 4.69) is 32.3 Å². The summed E-state index contributed by atoms with van der Waals surface area (Å²) in [4.78, 5) is 31.0. The number of aromatic nitrogens is 1. The number of amides is 2. The minimum Gasteiger partial charge on any atom is -0.465 e. The summed E-state index contributed by atoms with van der Waals surface area (Å²) < 4.78 is 34.7. The number of sulfonamides is 1. The van der Waals surface area contributed by atoms with Crippen molar-refractivity contribution in [3.05, 3.63) is 29.4 Å². The number of alkyl carbamates (subject to hydrolysis) is 1. The summed E-state index contributed by atoms with van der Waals surface area (Å²) in [5, 5.41) is 15.3. The zero-order valence-corrected chi connectivity index (χ0v) is 25.0. The number of hydrogen-bond acceptors (Lipinski definition) is 8. The number of likely N-dealkylation sites (tertiary alicyclic amines) is 1. The van der Waals surface area contributed by atoms with Gasteiger partial charge in [-0.3, -0.25) is 5.32 Å². The number of ether oxygens (including phenoxy) is 1. The van der Waals surface area contributed by atoms with Crippen LogP contribution in [0, 0.1) is 0 Å². The number of hydrogen-bond donors (Lipinski definition) is 4. The zero-order valence-electron chi connectivity index (χ0n) is 23.4. The molecule has 1 aromatic carbocycles. The Hall–Kier alpha value is -2.74. The first-order valence-electron chi connectivity index (χ1n) is 13.6. The van der Waals surface area contributed by atoms with Crippen LogP contribution in [0.15, 0.2) is 29.3 Å². The highest BCUT2D eigenvalue weighted by atomic mass is 32.2. The van der Waals surface area contributed by atoms with E-state index in [1.54, 1.807) is 39.1 Å². The molecule has 13 heteroatoms. The number of carbonyl (C=O) groups is 2. The highest BCUT2D eigenvalue weighted by molar-refractivity contribution is 7.89. The van der Waals surface area contributed by atoms with E-state index in [9.17, 15) is 18.0 Å². The van der Waals surface area contributed by atoms with Crippen LogP contribution in [-0.2, 0) is 14.8 Å². The fraction of sp³-hybridized carbons (Fsp3) is 0.593. The van der Waals surface area contributed by atoms with E-state index in [4.69, 9.17) is 9.84 Å². The first kappa shape index (κ1) is 30.2. The van der Waals surface area contributed by atoms with Gasteiger partial charge >= 0.3 is 12.2 Å². The predicted octanol–water partition coefficient (Wildman–Crippen LogP) is 4.82. The fourth-order valence-corrected chi connectivity index (χ4v) is 8.12. The molecular formula is C27H39N5O6S2. The summed E-state index contributed by atoms with van der Waals surface area (Å²) in [5.41, 5.74) is -0.103. The monoisotopic (exact) mass is 593 g/mol. The summed E-state index contributed by atoms with van der Waals surface area (Å²) in [6.45, 7) is 6.68. The van der Waals surface area contributed by atoms with E-state index >= 15 is 0 Å². The van der Waals surface area contributed by atoms with Gasteiger partial charge in [0.2, 0.25) is 10.0 Å². The Labute approximate surface area is 239 Å². The van der Waals surface area contributed by atoms with Gasteiger partial charge in [-0.15, -0.1) is 11.3 Å². The van der Waals surface area contributed by atoms with Gasteiger partial charge in [0.15, 0.2) is 0 Å². The third kappa shape index (κ3) is 7.93. The van der Waals surface area contributed by atoms with Crippen molar-refractivity contribution in [2.75, 3.05) is 25.5 Å². The van der Waals surface area contributed by atoms with Crippen molar-refractivity contribution in [1.82, 2.24) is 19.9 Å². The maximum atomic E-state index is 13.3. The Morgan fingerprint density at radius 3 is 2.52 bits per heavy atom. The van der Waals surface area contributed by atoms with Crippen LogP contribution >= 0.6 is 11.3 Å². The molecule has 1 saturated heterocycles. The molecule has 0 bridgehead atoms. The van der Waals surface area contributed by atoms with Crippen molar-refractivity contribution >= 4 is 39.2 Å². The fourth-order valence-electron chi connectivity index (χ4n) is 5.26. The predicted molar refractivity (Wildman–Crippen MR) is 154 cm³/mol.